The maximum absolute atomic E-state index is 4.01. The van der Waals surface area contributed by atoms with Crippen LogP contribution in [0.15, 0.2) is 4.99 Å². The molecule has 0 aromatic carbocycles. The first-order valence-electron chi connectivity index (χ1n) is 2.77. The van der Waals surface area contributed by atoms with Gasteiger partial charge in [0.25, 0.3) is 0 Å². The standard InChI is InChI=1S/C6H13NS/c1-5(2)8-6(3)7-4/h5H,1-4H3/b7-6-. The predicted octanol–water partition coefficient (Wildman–Crippen LogP) is 2.18. The van der Waals surface area contributed by atoms with Crippen molar-refractivity contribution >= 4 is 16.8 Å². The van der Waals surface area contributed by atoms with Gasteiger partial charge in [0.05, 0.1) is 5.04 Å². The van der Waals surface area contributed by atoms with Crippen molar-refractivity contribution in [2.75, 3.05) is 7.05 Å². The summed E-state index contributed by atoms with van der Waals surface area (Å²) in [7, 11) is 1.82. The average Bonchev–Trinajstić information content (AvgIpc) is 1.65. The zero-order chi connectivity index (χ0) is 6.57. The van der Waals surface area contributed by atoms with Gasteiger partial charge in [0.15, 0.2) is 0 Å². The van der Waals surface area contributed by atoms with E-state index in [1.54, 1.807) is 11.8 Å². The Hall–Kier alpha value is 0.0200. The molecule has 0 radical (unpaired) electrons. The second-order valence-corrected chi connectivity index (χ2v) is 3.68. The Kier molecular flexibility index (Phi) is 3.97. The summed E-state index contributed by atoms with van der Waals surface area (Å²) >= 11 is 1.80. The minimum Gasteiger partial charge on any atom is -0.287 e. The van der Waals surface area contributed by atoms with Crippen molar-refractivity contribution in [3.8, 4) is 0 Å². The first-order chi connectivity index (χ1) is 3.66. The minimum atomic E-state index is 0.665. The van der Waals surface area contributed by atoms with E-state index in [1.807, 2.05) is 14.0 Å². The molecule has 0 saturated carbocycles. The molecule has 0 spiro atoms. The highest BCUT2D eigenvalue weighted by atomic mass is 32.2. The van der Waals surface area contributed by atoms with Crippen molar-refractivity contribution in [1.29, 1.82) is 0 Å². The van der Waals surface area contributed by atoms with E-state index in [0.717, 1.165) is 0 Å². The molecule has 0 aliphatic heterocycles. The quantitative estimate of drug-likeness (QED) is 0.392. The van der Waals surface area contributed by atoms with Crippen LogP contribution >= 0.6 is 11.8 Å². The van der Waals surface area contributed by atoms with Crippen LogP contribution in [0.25, 0.3) is 0 Å². The summed E-state index contributed by atoms with van der Waals surface area (Å²) < 4.78 is 0. The maximum atomic E-state index is 4.01. The summed E-state index contributed by atoms with van der Waals surface area (Å²) in [6.07, 6.45) is 0. The highest BCUT2D eigenvalue weighted by Crippen LogP contribution is 2.10. The summed E-state index contributed by atoms with van der Waals surface area (Å²) in [5.74, 6) is 0. The first-order valence-corrected chi connectivity index (χ1v) is 3.65. The molecular formula is C6H13NS. The molecule has 0 rings (SSSR count). The molecule has 0 saturated heterocycles. The number of hydrogen-bond acceptors (Lipinski definition) is 2. The number of hydrogen-bond donors (Lipinski definition) is 0. The van der Waals surface area contributed by atoms with E-state index in [0.29, 0.717) is 5.25 Å². The molecule has 0 aliphatic rings. The van der Waals surface area contributed by atoms with Gasteiger partial charge < -0.3 is 0 Å². The van der Waals surface area contributed by atoms with E-state index in [-0.39, 0.29) is 0 Å². The molecule has 48 valence electrons. The Labute approximate surface area is 55.6 Å². The lowest BCUT2D eigenvalue weighted by molar-refractivity contribution is 1.12. The Morgan fingerprint density at radius 3 is 2.12 bits per heavy atom. The summed E-state index contributed by atoms with van der Waals surface area (Å²) in [5.41, 5.74) is 0. The Morgan fingerprint density at radius 2 is 2.00 bits per heavy atom. The topological polar surface area (TPSA) is 12.4 Å². The van der Waals surface area contributed by atoms with Crippen LogP contribution in [0.3, 0.4) is 0 Å². The summed E-state index contributed by atoms with van der Waals surface area (Å²) in [6.45, 7) is 6.36. The van der Waals surface area contributed by atoms with Gasteiger partial charge in [0, 0.05) is 12.3 Å². The maximum Gasteiger partial charge on any atom is 0.0643 e. The Balaban J connectivity index is 3.39. The fraction of sp³-hybridized carbons (Fsp3) is 0.833. The number of aliphatic imine (C=N–C) groups is 1. The fourth-order valence-corrected chi connectivity index (χ4v) is 1.18. The predicted molar refractivity (Wildman–Crippen MR) is 41.8 cm³/mol. The van der Waals surface area contributed by atoms with Crippen LogP contribution in [0.4, 0.5) is 0 Å². The van der Waals surface area contributed by atoms with Crippen molar-refractivity contribution in [3.05, 3.63) is 0 Å². The fourth-order valence-electron chi connectivity index (χ4n) is 0.394. The van der Waals surface area contributed by atoms with Crippen LogP contribution < -0.4 is 0 Å². The van der Waals surface area contributed by atoms with Gasteiger partial charge >= 0.3 is 0 Å². The van der Waals surface area contributed by atoms with Crippen molar-refractivity contribution in [2.24, 2.45) is 4.99 Å². The van der Waals surface area contributed by atoms with E-state index in [2.05, 4.69) is 18.8 Å². The van der Waals surface area contributed by atoms with Gasteiger partial charge in [-0.2, -0.15) is 0 Å². The molecule has 0 bridgehead atoms. The van der Waals surface area contributed by atoms with Crippen LogP contribution in [0.5, 0.6) is 0 Å². The number of nitrogens with zero attached hydrogens (tertiary/aromatic N) is 1. The van der Waals surface area contributed by atoms with Gasteiger partial charge in [-0.3, -0.25) is 4.99 Å². The lowest BCUT2D eigenvalue weighted by atomic mass is 10.6. The SMILES string of the molecule is C/N=C(/C)SC(C)C. The van der Waals surface area contributed by atoms with Crippen LogP contribution in [0.1, 0.15) is 20.8 Å². The highest BCUT2D eigenvalue weighted by Gasteiger charge is 1.93. The zero-order valence-electron chi connectivity index (χ0n) is 5.93. The van der Waals surface area contributed by atoms with Crippen molar-refractivity contribution in [3.63, 3.8) is 0 Å². The average molecular weight is 131 g/mol. The molecule has 0 aliphatic carbocycles. The molecule has 8 heavy (non-hydrogen) atoms. The summed E-state index contributed by atoms with van der Waals surface area (Å²) in [6, 6.07) is 0. The molecular weight excluding hydrogens is 118 g/mol. The third kappa shape index (κ3) is 4.19. The highest BCUT2D eigenvalue weighted by molar-refractivity contribution is 8.14. The molecule has 0 N–H and O–H groups in total. The van der Waals surface area contributed by atoms with E-state index in [1.165, 1.54) is 5.04 Å². The van der Waals surface area contributed by atoms with E-state index >= 15 is 0 Å². The Morgan fingerprint density at radius 1 is 1.50 bits per heavy atom. The zero-order valence-corrected chi connectivity index (χ0v) is 6.75. The lowest BCUT2D eigenvalue weighted by Gasteiger charge is -2.00. The van der Waals surface area contributed by atoms with E-state index in [4.69, 9.17) is 0 Å². The van der Waals surface area contributed by atoms with Crippen LogP contribution in [-0.2, 0) is 0 Å². The second-order valence-electron chi connectivity index (χ2n) is 1.91. The van der Waals surface area contributed by atoms with Crippen LogP contribution in [-0.4, -0.2) is 17.3 Å². The van der Waals surface area contributed by atoms with Crippen molar-refractivity contribution < 1.29 is 0 Å². The van der Waals surface area contributed by atoms with Crippen LogP contribution in [0, 0.1) is 0 Å². The van der Waals surface area contributed by atoms with Gasteiger partial charge in [0.2, 0.25) is 0 Å². The van der Waals surface area contributed by atoms with E-state index < -0.39 is 0 Å². The van der Waals surface area contributed by atoms with Gasteiger partial charge in [-0.05, 0) is 6.92 Å². The molecule has 1 nitrogen and oxygen atoms in total. The third-order valence-electron chi connectivity index (χ3n) is 0.721. The molecule has 2 heteroatoms. The van der Waals surface area contributed by atoms with Crippen LogP contribution in [0.2, 0.25) is 0 Å². The normalized spacial score (nSPS) is 12.9. The molecule has 0 aromatic heterocycles. The van der Waals surface area contributed by atoms with Gasteiger partial charge in [-0.1, -0.05) is 13.8 Å². The molecule has 0 fully saturated rings. The summed E-state index contributed by atoms with van der Waals surface area (Å²) in [5, 5.41) is 1.83. The largest absolute Gasteiger partial charge is 0.287 e. The third-order valence-corrected chi connectivity index (χ3v) is 1.72. The van der Waals surface area contributed by atoms with Gasteiger partial charge in [0.1, 0.15) is 0 Å². The van der Waals surface area contributed by atoms with Gasteiger partial charge in [-0.25, -0.2) is 0 Å². The molecule has 0 amide bonds. The second kappa shape index (κ2) is 3.96. The molecule has 0 heterocycles. The number of thioether (sulfide) groups is 1. The molecule has 0 aromatic rings. The van der Waals surface area contributed by atoms with Crippen molar-refractivity contribution in [1.82, 2.24) is 0 Å². The monoisotopic (exact) mass is 131 g/mol. The summed E-state index contributed by atoms with van der Waals surface area (Å²) in [4.78, 5) is 4.01. The lowest BCUT2D eigenvalue weighted by Crippen LogP contribution is -1.92. The molecule has 0 unspecified atom stereocenters. The smallest absolute Gasteiger partial charge is 0.0643 e. The first kappa shape index (κ1) is 8.02. The number of rotatable bonds is 1. The minimum absolute atomic E-state index is 0.665. The molecule has 0 atom stereocenters. The van der Waals surface area contributed by atoms with Gasteiger partial charge in [-0.15, -0.1) is 11.8 Å². The van der Waals surface area contributed by atoms with Crippen molar-refractivity contribution in [2.45, 2.75) is 26.0 Å². The van der Waals surface area contributed by atoms with E-state index in [9.17, 15) is 0 Å². The Bertz CT molecular complexity index is 86.5.